The average molecular weight is 290 g/mol. The first-order chi connectivity index (χ1) is 10.5. The van der Waals surface area contributed by atoms with Crippen molar-refractivity contribution in [2.24, 2.45) is 5.41 Å². The molecule has 112 valence electrons. The maximum Gasteiger partial charge on any atom is 0.135 e. The molecule has 3 rings (SSSR count). The highest BCUT2D eigenvalue weighted by Gasteiger charge is 2.11. The molecule has 0 aliphatic rings. The van der Waals surface area contributed by atoms with Gasteiger partial charge in [0.15, 0.2) is 0 Å². The van der Waals surface area contributed by atoms with Gasteiger partial charge < -0.3 is 4.74 Å². The molecule has 0 amide bonds. The molecule has 0 radical (unpaired) electrons. The summed E-state index contributed by atoms with van der Waals surface area (Å²) in [6, 6.07) is 22.9. The zero-order chi connectivity index (χ0) is 15.6. The van der Waals surface area contributed by atoms with Gasteiger partial charge in [0.05, 0.1) is 0 Å². The summed E-state index contributed by atoms with van der Waals surface area (Å²) in [6.45, 7) is 6.77. The predicted octanol–water partition coefficient (Wildman–Crippen LogP) is 6.22. The Morgan fingerprint density at radius 3 is 2.18 bits per heavy atom. The monoisotopic (exact) mass is 290 g/mol. The molecule has 0 aliphatic carbocycles. The van der Waals surface area contributed by atoms with Gasteiger partial charge >= 0.3 is 0 Å². The van der Waals surface area contributed by atoms with Crippen LogP contribution < -0.4 is 4.74 Å². The molecule has 3 aromatic rings. The highest BCUT2D eigenvalue weighted by atomic mass is 16.5. The average Bonchev–Trinajstić information content (AvgIpc) is 2.48. The lowest BCUT2D eigenvalue weighted by molar-refractivity contribution is 0.411. The van der Waals surface area contributed by atoms with Crippen molar-refractivity contribution < 1.29 is 4.74 Å². The zero-order valence-electron chi connectivity index (χ0n) is 13.5. The third kappa shape index (κ3) is 3.48. The molecule has 0 aromatic heterocycles. The van der Waals surface area contributed by atoms with Crippen LogP contribution in [0.25, 0.3) is 10.8 Å². The Kier molecular flexibility index (Phi) is 3.89. The summed E-state index contributed by atoms with van der Waals surface area (Å²) >= 11 is 0. The Hall–Kier alpha value is -2.28. The smallest absolute Gasteiger partial charge is 0.135 e. The number of benzene rings is 3. The van der Waals surface area contributed by atoms with E-state index in [1.54, 1.807) is 0 Å². The molecular weight excluding hydrogens is 268 g/mol. The summed E-state index contributed by atoms with van der Waals surface area (Å²) in [4.78, 5) is 0. The first-order valence-electron chi connectivity index (χ1n) is 7.76. The largest absolute Gasteiger partial charge is 0.457 e. The van der Waals surface area contributed by atoms with E-state index in [0.29, 0.717) is 5.41 Å². The van der Waals surface area contributed by atoms with Crippen LogP contribution in [0.15, 0.2) is 66.7 Å². The second-order valence-electron chi connectivity index (χ2n) is 6.96. The van der Waals surface area contributed by atoms with E-state index in [1.165, 1.54) is 10.9 Å². The molecule has 0 atom stereocenters. The summed E-state index contributed by atoms with van der Waals surface area (Å²) in [5.41, 5.74) is 1.65. The second kappa shape index (κ2) is 5.84. The molecule has 22 heavy (non-hydrogen) atoms. The van der Waals surface area contributed by atoms with Gasteiger partial charge in [-0.3, -0.25) is 0 Å². The molecular formula is C21H22O. The number of fused-ring (bicyclic) bond motifs is 1. The van der Waals surface area contributed by atoms with Crippen molar-refractivity contribution in [3.63, 3.8) is 0 Å². The lowest BCUT2D eigenvalue weighted by atomic mass is 9.88. The van der Waals surface area contributed by atoms with Gasteiger partial charge in [0, 0.05) is 5.39 Å². The van der Waals surface area contributed by atoms with E-state index in [0.717, 1.165) is 23.3 Å². The van der Waals surface area contributed by atoms with Crippen LogP contribution in [-0.4, -0.2) is 0 Å². The van der Waals surface area contributed by atoms with E-state index in [1.807, 2.05) is 24.3 Å². The minimum atomic E-state index is 0.304. The molecule has 0 unspecified atom stereocenters. The molecule has 1 nitrogen and oxygen atoms in total. The third-order valence-electron chi connectivity index (χ3n) is 3.64. The van der Waals surface area contributed by atoms with E-state index >= 15 is 0 Å². The minimum Gasteiger partial charge on any atom is -0.457 e. The summed E-state index contributed by atoms with van der Waals surface area (Å²) in [6.07, 6.45) is 1.07. The highest BCUT2D eigenvalue weighted by Crippen LogP contribution is 2.30. The van der Waals surface area contributed by atoms with Gasteiger partial charge in [0.1, 0.15) is 11.5 Å². The Morgan fingerprint density at radius 1 is 0.773 bits per heavy atom. The molecule has 0 saturated carbocycles. The lowest BCUT2D eigenvalue weighted by Gasteiger charge is -2.18. The van der Waals surface area contributed by atoms with E-state index in [2.05, 4.69) is 63.2 Å². The second-order valence-corrected chi connectivity index (χ2v) is 6.96. The van der Waals surface area contributed by atoms with Gasteiger partial charge in [0.25, 0.3) is 0 Å². The van der Waals surface area contributed by atoms with Crippen LogP contribution in [0.4, 0.5) is 0 Å². The fourth-order valence-corrected chi connectivity index (χ4v) is 2.70. The van der Waals surface area contributed by atoms with Crippen molar-refractivity contribution >= 4 is 10.8 Å². The van der Waals surface area contributed by atoms with Crippen molar-refractivity contribution in [1.29, 1.82) is 0 Å². The zero-order valence-corrected chi connectivity index (χ0v) is 13.5. The molecule has 0 spiro atoms. The number of hydrogen-bond acceptors (Lipinski definition) is 1. The minimum absolute atomic E-state index is 0.304. The Balaban J connectivity index is 1.83. The van der Waals surface area contributed by atoms with Crippen molar-refractivity contribution in [1.82, 2.24) is 0 Å². The van der Waals surface area contributed by atoms with Crippen molar-refractivity contribution in [2.45, 2.75) is 27.2 Å². The molecule has 3 aromatic carbocycles. The van der Waals surface area contributed by atoms with Crippen LogP contribution >= 0.6 is 0 Å². The Bertz CT molecular complexity index is 759. The van der Waals surface area contributed by atoms with Gasteiger partial charge in [-0.2, -0.15) is 0 Å². The molecule has 0 heterocycles. The van der Waals surface area contributed by atoms with Crippen LogP contribution in [0.5, 0.6) is 11.5 Å². The number of hydrogen-bond donors (Lipinski definition) is 0. The normalized spacial score (nSPS) is 11.6. The van der Waals surface area contributed by atoms with E-state index in [4.69, 9.17) is 4.74 Å². The van der Waals surface area contributed by atoms with Gasteiger partial charge in [0.2, 0.25) is 0 Å². The molecule has 0 bridgehead atoms. The van der Waals surface area contributed by atoms with E-state index < -0.39 is 0 Å². The fraction of sp³-hybridized carbons (Fsp3) is 0.238. The quantitative estimate of drug-likeness (QED) is 0.556. The van der Waals surface area contributed by atoms with Crippen molar-refractivity contribution in [3.8, 4) is 11.5 Å². The molecule has 1 heteroatoms. The first kappa shape index (κ1) is 14.6. The van der Waals surface area contributed by atoms with E-state index in [9.17, 15) is 0 Å². The van der Waals surface area contributed by atoms with Gasteiger partial charge in [-0.25, -0.2) is 0 Å². The summed E-state index contributed by atoms with van der Waals surface area (Å²) < 4.78 is 6.08. The van der Waals surface area contributed by atoms with Gasteiger partial charge in [-0.1, -0.05) is 69.3 Å². The highest BCUT2D eigenvalue weighted by molar-refractivity contribution is 5.88. The molecule has 0 saturated heterocycles. The topological polar surface area (TPSA) is 9.23 Å². The third-order valence-corrected chi connectivity index (χ3v) is 3.64. The standard InChI is InChI=1S/C21H22O/c1-21(2,3)15-16-11-13-18(14-12-16)22-20-10-6-8-17-7-4-5-9-19(17)20/h4-14H,15H2,1-3H3. The maximum atomic E-state index is 6.08. The van der Waals surface area contributed by atoms with Gasteiger partial charge in [-0.15, -0.1) is 0 Å². The predicted molar refractivity (Wildman–Crippen MR) is 93.6 cm³/mol. The summed E-state index contributed by atoms with van der Waals surface area (Å²) in [5.74, 6) is 1.79. The lowest BCUT2D eigenvalue weighted by Crippen LogP contribution is -2.08. The van der Waals surface area contributed by atoms with Crippen LogP contribution in [-0.2, 0) is 6.42 Å². The van der Waals surface area contributed by atoms with E-state index in [-0.39, 0.29) is 0 Å². The SMILES string of the molecule is CC(C)(C)Cc1ccc(Oc2cccc3ccccc23)cc1. The Morgan fingerprint density at radius 2 is 1.45 bits per heavy atom. The van der Waals surface area contributed by atoms with Crippen molar-refractivity contribution in [2.75, 3.05) is 0 Å². The van der Waals surface area contributed by atoms with Crippen LogP contribution in [0.3, 0.4) is 0 Å². The number of rotatable bonds is 3. The first-order valence-corrected chi connectivity index (χ1v) is 7.76. The van der Waals surface area contributed by atoms with Crippen molar-refractivity contribution in [3.05, 3.63) is 72.3 Å². The number of ether oxygens (including phenoxy) is 1. The van der Waals surface area contributed by atoms with Crippen LogP contribution in [0.2, 0.25) is 0 Å². The van der Waals surface area contributed by atoms with Crippen LogP contribution in [0.1, 0.15) is 26.3 Å². The Labute approximate surface area is 132 Å². The summed E-state index contributed by atoms with van der Waals surface area (Å²) in [5, 5.41) is 2.34. The maximum absolute atomic E-state index is 6.08. The summed E-state index contributed by atoms with van der Waals surface area (Å²) in [7, 11) is 0. The molecule has 0 aliphatic heterocycles. The van der Waals surface area contributed by atoms with Gasteiger partial charge in [-0.05, 0) is 41.0 Å². The fourth-order valence-electron chi connectivity index (χ4n) is 2.70. The molecule has 0 fully saturated rings. The molecule has 0 N–H and O–H groups in total. The van der Waals surface area contributed by atoms with Crippen LogP contribution in [0, 0.1) is 5.41 Å².